The zero-order chi connectivity index (χ0) is 22.8. The van der Waals surface area contributed by atoms with Gasteiger partial charge >= 0.3 is 5.97 Å². The average Bonchev–Trinajstić information content (AvgIpc) is 3.20. The minimum Gasteiger partial charge on any atom is -0.466 e. The summed E-state index contributed by atoms with van der Waals surface area (Å²) < 4.78 is 5.03. The summed E-state index contributed by atoms with van der Waals surface area (Å²) in [5.74, 6) is -0.554. The molecule has 1 aromatic carbocycles. The molecular weight excluding hydrogens is 473 g/mol. The van der Waals surface area contributed by atoms with Crippen molar-refractivity contribution in [2.45, 2.75) is 39.8 Å². The summed E-state index contributed by atoms with van der Waals surface area (Å²) in [5.41, 5.74) is 4.43. The molecule has 1 fully saturated rings. The molecule has 2 aliphatic heterocycles. The Bertz CT molecular complexity index is 922. The second kappa shape index (κ2) is 12.2. The van der Waals surface area contributed by atoms with Gasteiger partial charge in [0.2, 0.25) is 5.91 Å². The summed E-state index contributed by atoms with van der Waals surface area (Å²) in [4.78, 5) is 32.4. The first-order valence-electron chi connectivity index (χ1n) is 11.7. The van der Waals surface area contributed by atoms with Crippen LogP contribution in [-0.2, 0) is 20.9 Å². The van der Waals surface area contributed by atoms with E-state index in [1.165, 1.54) is 18.2 Å². The number of rotatable bonds is 6. The van der Waals surface area contributed by atoms with Gasteiger partial charge in [-0.1, -0.05) is 35.9 Å². The minimum absolute atomic E-state index is 0. The lowest BCUT2D eigenvalue weighted by Gasteiger charge is -2.38. The zero-order valence-electron chi connectivity index (χ0n) is 20.5. The van der Waals surface area contributed by atoms with Crippen LogP contribution in [0.25, 0.3) is 0 Å². The van der Waals surface area contributed by atoms with Crippen LogP contribution in [0.3, 0.4) is 0 Å². The first kappa shape index (κ1) is 28.4. The molecule has 3 aliphatic rings. The second-order valence-electron chi connectivity index (χ2n) is 9.55. The van der Waals surface area contributed by atoms with Crippen molar-refractivity contribution in [3.63, 3.8) is 0 Å². The number of methoxy groups -OCH3 is 1. The monoisotopic (exact) mass is 509 g/mol. The third kappa shape index (κ3) is 6.03. The molecule has 188 valence electrons. The Morgan fingerprint density at radius 3 is 2.18 bits per heavy atom. The molecule has 0 radical (unpaired) electrons. The summed E-state index contributed by atoms with van der Waals surface area (Å²) in [6.07, 6.45) is 4.64. The molecule has 0 bridgehead atoms. The fraction of sp³-hybridized carbons (Fsp3) is 0.538. The molecular formula is C26H37Cl2N3O3. The molecule has 0 unspecified atom stereocenters. The fourth-order valence-corrected chi connectivity index (χ4v) is 5.11. The van der Waals surface area contributed by atoms with Crippen molar-refractivity contribution in [2.24, 2.45) is 11.8 Å². The van der Waals surface area contributed by atoms with Crippen LogP contribution in [-0.4, -0.2) is 72.5 Å². The number of hydrogen-bond acceptors (Lipinski definition) is 5. The van der Waals surface area contributed by atoms with Crippen molar-refractivity contribution >= 4 is 36.7 Å². The van der Waals surface area contributed by atoms with Gasteiger partial charge < -0.3 is 9.64 Å². The minimum atomic E-state index is -0.322. The van der Waals surface area contributed by atoms with Crippen LogP contribution in [0, 0.1) is 18.8 Å². The number of benzene rings is 1. The number of piperazine rings is 1. The van der Waals surface area contributed by atoms with Crippen LogP contribution in [0.1, 0.15) is 31.4 Å². The van der Waals surface area contributed by atoms with Gasteiger partial charge in [0, 0.05) is 57.4 Å². The van der Waals surface area contributed by atoms with Crippen molar-refractivity contribution in [3.8, 4) is 0 Å². The number of nitrogens with zero attached hydrogens (tertiary/aromatic N) is 3. The molecule has 0 aromatic heterocycles. The van der Waals surface area contributed by atoms with E-state index >= 15 is 0 Å². The summed E-state index contributed by atoms with van der Waals surface area (Å²) in [7, 11) is 1.41. The Balaban J connectivity index is 0.00000204. The first-order chi connectivity index (χ1) is 15.4. The quantitative estimate of drug-likeness (QED) is 0.430. The molecule has 4 rings (SSSR count). The predicted molar refractivity (Wildman–Crippen MR) is 139 cm³/mol. The summed E-state index contributed by atoms with van der Waals surface area (Å²) in [6, 6.07) is 8.79. The highest BCUT2D eigenvalue weighted by Crippen LogP contribution is 2.42. The molecule has 1 amide bonds. The van der Waals surface area contributed by atoms with E-state index in [0.717, 1.165) is 51.3 Å². The number of amides is 1. The topological polar surface area (TPSA) is 53.1 Å². The maximum absolute atomic E-state index is 13.3. The van der Waals surface area contributed by atoms with Crippen LogP contribution in [0.2, 0.25) is 0 Å². The highest BCUT2D eigenvalue weighted by molar-refractivity contribution is 5.95. The molecule has 2 heterocycles. The number of allylic oxidation sites excluding steroid dienone is 1. The normalized spacial score (nSPS) is 23.0. The van der Waals surface area contributed by atoms with E-state index in [-0.39, 0.29) is 54.6 Å². The van der Waals surface area contributed by atoms with Gasteiger partial charge in [-0.15, -0.1) is 24.8 Å². The van der Waals surface area contributed by atoms with E-state index in [1.807, 2.05) is 13.8 Å². The smallest absolute Gasteiger partial charge is 0.335 e. The number of halogens is 2. The molecule has 2 atom stereocenters. The Hall–Kier alpha value is -1.86. The summed E-state index contributed by atoms with van der Waals surface area (Å²) in [6.45, 7) is 11.9. The highest BCUT2D eigenvalue weighted by atomic mass is 35.5. The number of fused-ring (bicyclic) bond motifs is 1. The lowest BCUT2D eigenvalue weighted by Crippen LogP contribution is -2.49. The van der Waals surface area contributed by atoms with E-state index in [2.05, 4.69) is 47.1 Å². The van der Waals surface area contributed by atoms with Gasteiger partial charge in [-0.25, -0.2) is 4.79 Å². The van der Waals surface area contributed by atoms with Gasteiger partial charge in [-0.2, -0.15) is 0 Å². The van der Waals surface area contributed by atoms with Gasteiger partial charge in [0.25, 0.3) is 0 Å². The molecule has 34 heavy (non-hydrogen) atoms. The fourth-order valence-electron chi connectivity index (χ4n) is 5.11. The first-order valence-corrected chi connectivity index (χ1v) is 11.7. The summed E-state index contributed by atoms with van der Waals surface area (Å²) in [5, 5.41) is 0. The highest BCUT2D eigenvalue weighted by Gasteiger charge is 2.45. The standard InChI is InChI=1S/C26H35N3O3.2ClH/c1-18(2)29-17-23(26(31)32-4)22-10-9-21(24(22)25(29)30)16-28-13-11-27(12-14-28)15-20-7-5-19(3)6-8-20;;/h5-9,17-18,22,24H,10-16H2,1-4H3;2*1H/t22-,24-;;/m1../s1. The van der Waals surface area contributed by atoms with Gasteiger partial charge in [0.1, 0.15) is 0 Å². The largest absolute Gasteiger partial charge is 0.466 e. The van der Waals surface area contributed by atoms with E-state index in [9.17, 15) is 9.59 Å². The third-order valence-corrected chi connectivity index (χ3v) is 7.01. The molecule has 6 nitrogen and oxygen atoms in total. The van der Waals surface area contributed by atoms with Crippen LogP contribution in [0.5, 0.6) is 0 Å². The zero-order valence-corrected chi connectivity index (χ0v) is 22.2. The Kier molecular flexibility index (Phi) is 10.2. The average molecular weight is 511 g/mol. The molecule has 0 spiro atoms. The van der Waals surface area contributed by atoms with Crippen molar-refractivity contribution in [3.05, 3.63) is 58.8 Å². The second-order valence-corrected chi connectivity index (χ2v) is 9.55. The maximum atomic E-state index is 13.3. The Morgan fingerprint density at radius 2 is 1.62 bits per heavy atom. The molecule has 0 N–H and O–H groups in total. The maximum Gasteiger partial charge on any atom is 0.335 e. The summed E-state index contributed by atoms with van der Waals surface area (Å²) >= 11 is 0. The van der Waals surface area contributed by atoms with E-state index in [1.54, 1.807) is 11.1 Å². The van der Waals surface area contributed by atoms with E-state index in [4.69, 9.17) is 4.74 Å². The molecule has 8 heteroatoms. The Morgan fingerprint density at radius 1 is 1.03 bits per heavy atom. The lowest BCUT2D eigenvalue weighted by atomic mass is 9.81. The van der Waals surface area contributed by atoms with Crippen LogP contribution in [0.15, 0.2) is 47.7 Å². The number of carbonyl (C=O) groups excluding carboxylic acids is 2. The number of ether oxygens (including phenoxy) is 1. The molecule has 1 aliphatic carbocycles. The molecule has 0 saturated carbocycles. The predicted octanol–water partition coefficient (Wildman–Crippen LogP) is 3.83. The number of aryl methyl sites for hydroxylation is 1. The van der Waals surface area contributed by atoms with Gasteiger partial charge in [-0.3, -0.25) is 14.6 Å². The van der Waals surface area contributed by atoms with E-state index < -0.39 is 0 Å². The van der Waals surface area contributed by atoms with Gasteiger partial charge in [-0.05, 0) is 38.3 Å². The van der Waals surface area contributed by atoms with Gasteiger partial charge in [0.05, 0.1) is 18.6 Å². The van der Waals surface area contributed by atoms with Crippen molar-refractivity contribution in [1.82, 2.24) is 14.7 Å². The van der Waals surface area contributed by atoms with Crippen molar-refractivity contribution < 1.29 is 14.3 Å². The number of esters is 1. The third-order valence-electron chi connectivity index (χ3n) is 7.01. The number of carbonyl (C=O) groups is 2. The molecule has 1 saturated heterocycles. The lowest BCUT2D eigenvalue weighted by molar-refractivity contribution is -0.139. The molecule has 1 aromatic rings. The van der Waals surface area contributed by atoms with Crippen molar-refractivity contribution in [2.75, 3.05) is 39.8 Å². The van der Waals surface area contributed by atoms with Crippen molar-refractivity contribution in [1.29, 1.82) is 0 Å². The van der Waals surface area contributed by atoms with E-state index in [0.29, 0.717) is 5.57 Å². The SMILES string of the molecule is COC(=O)C1=CN(C(C)C)C(=O)[C@@H]2C(CN3CCN(Cc4ccc(C)cc4)CC3)=CC[C@H]12.Cl.Cl. The van der Waals surface area contributed by atoms with Crippen LogP contribution in [0.4, 0.5) is 0 Å². The van der Waals surface area contributed by atoms with Crippen LogP contribution < -0.4 is 0 Å². The van der Waals surface area contributed by atoms with Gasteiger partial charge in [0.15, 0.2) is 0 Å². The Labute approximate surface area is 215 Å². The van der Waals surface area contributed by atoms with Crippen LogP contribution >= 0.6 is 24.8 Å². The number of hydrogen-bond donors (Lipinski definition) is 0.